The first-order valence-corrected chi connectivity index (χ1v) is 21.0. The molecule has 304 valence electrons. The molecule has 5 N–H and O–H groups in total. The molecular formula is C43H53ClN6O6S. The number of hydrogen-bond acceptors (Lipinski definition) is 7. The van der Waals surface area contributed by atoms with Crippen molar-refractivity contribution in [3.63, 3.8) is 0 Å². The van der Waals surface area contributed by atoms with Gasteiger partial charge in [-0.05, 0) is 80.1 Å². The van der Waals surface area contributed by atoms with Crippen LogP contribution in [0.25, 0.3) is 0 Å². The highest BCUT2D eigenvalue weighted by Gasteiger charge is 2.27. The van der Waals surface area contributed by atoms with Crippen molar-refractivity contribution in [3.05, 3.63) is 135 Å². The first-order valence-electron chi connectivity index (χ1n) is 18.8. The zero-order valence-electron chi connectivity index (χ0n) is 33.4. The van der Waals surface area contributed by atoms with Crippen molar-refractivity contribution in [1.82, 2.24) is 26.6 Å². The number of nitrogens with zero attached hydrogens (tertiary/aromatic N) is 1. The van der Waals surface area contributed by atoms with Crippen molar-refractivity contribution < 1.29 is 27.6 Å². The Kier molecular flexibility index (Phi) is 15.8. The topological polar surface area (TPSA) is 166 Å². The average Bonchev–Trinajstić information content (AvgIpc) is 3.17. The highest BCUT2D eigenvalue weighted by Crippen LogP contribution is 2.23. The van der Waals surface area contributed by atoms with Gasteiger partial charge in [-0.3, -0.25) is 23.5 Å². The molecule has 4 aromatic carbocycles. The number of hydrogen-bond donors (Lipinski definition) is 5. The number of amides is 4. The van der Waals surface area contributed by atoms with Crippen LogP contribution < -0.4 is 30.9 Å². The smallest absolute Gasteiger partial charge is 0.251 e. The number of carbonyl (C=O) groups is 4. The lowest BCUT2D eigenvalue weighted by Crippen LogP contribution is -2.55. The third-order valence-electron chi connectivity index (χ3n) is 9.52. The van der Waals surface area contributed by atoms with Crippen LogP contribution >= 0.6 is 11.6 Å². The lowest BCUT2D eigenvalue weighted by molar-refractivity contribution is -0.131. The summed E-state index contributed by atoms with van der Waals surface area (Å²) in [6.07, 6.45) is 1.41. The van der Waals surface area contributed by atoms with Crippen LogP contribution in [-0.4, -0.2) is 70.0 Å². The normalized spacial score (nSPS) is 13.5. The minimum atomic E-state index is -3.76. The van der Waals surface area contributed by atoms with Crippen LogP contribution in [0.5, 0.6) is 0 Å². The fraction of sp³-hybridized carbons (Fsp3) is 0.349. The largest absolute Gasteiger partial charge is 0.350 e. The molecule has 0 saturated carbocycles. The van der Waals surface area contributed by atoms with Crippen LogP contribution in [0.1, 0.15) is 76.7 Å². The Morgan fingerprint density at radius 3 is 1.98 bits per heavy atom. The standard InChI is InChI=1S/C43H53ClN6O6S/c1-27(2)39(43(54)46-25-32-16-11-13-28(3)19-32)49-40(51)30(5)45-26-37(20-31-14-9-8-10-15-31)48-42(53)35-21-34(23-38(24-35)50(6)57(7,55)56)41(52)47-29(4)33-17-12-18-36(44)22-33/h8-19,21-24,27,29-30,37,39,45H,20,25-26H2,1-7H3,(H,46,54)(H,47,52)(H,48,53)(H,49,51)/t29-,30+,37+,39+/m1/s1. The van der Waals surface area contributed by atoms with E-state index in [4.69, 9.17) is 11.6 Å². The second kappa shape index (κ2) is 20.3. The second-order valence-electron chi connectivity index (χ2n) is 14.7. The van der Waals surface area contributed by atoms with Gasteiger partial charge in [0, 0.05) is 42.3 Å². The summed E-state index contributed by atoms with van der Waals surface area (Å²) in [5.74, 6) is -1.94. The molecule has 0 radical (unpaired) electrons. The Labute approximate surface area is 341 Å². The fourth-order valence-electron chi connectivity index (χ4n) is 6.07. The average molecular weight is 817 g/mol. The van der Waals surface area contributed by atoms with Gasteiger partial charge in [0.1, 0.15) is 6.04 Å². The van der Waals surface area contributed by atoms with Crippen molar-refractivity contribution in [1.29, 1.82) is 0 Å². The summed E-state index contributed by atoms with van der Waals surface area (Å²) in [4.78, 5) is 54.2. The van der Waals surface area contributed by atoms with Gasteiger partial charge in [0.15, 0.2) is 0 Å². The highest BCUT2D eigenvalue weighted by atomic mass is 35.5. The van der Waals surface area contributed by atoms with Gasteiger partial charge in [-0.25, -0.2) is 8.42 Å². The lowest BCUT2D eigenvalue weighted by Gasteiger charge is -2.26. The van der Waals surface area contributed by atoms with Gasteiger partial charge in [-0.2, -0.15) is 0 Å². The van der Waals surface area contributed by atoms with Crippen molar-refractivity contribution in [3.8, 4) is 0 Å². The van der Waals surface area contributed by atoms with Crippen LogP contribution in [0.3, 0.4) is 0 Å². The summed E-state index contributed by atoms with van der Waals surface area (Å²) < 4.78 is 26.1. The van der Waals surface area contributed by atoms with E-state index in [1.807, 2.05) is 81.4 Å². The number of anilines is 1. The molecular weight excluding hydrogens is 764 g/mol. The van der Waals surface area contributed by atoms with E-state index in [0.717, 1.165) is 32.8 Å². The molecule has 0 bridgehead atoms. The Morgan fingerprint density at radius 2 is 1.37 bits per heavy atom. The molecule has 0 spiro atoms. The molecule has 4 atom stereocenters. The summed E-state index contributed by atoms with van der Waals surface area (Å²) in [5.41, 5.74) is 3.98. The molecule has 0 aliphatic heterocycles. The number of rotatable bonds is 18. The zero-order chi connectivity index (χ0) is 41.9. The lowest BCUT2D eigenvalue weighted by atomic mass is 10.0. The van der Waals surface area contributed by atoms with Gasteiger partial charge in [-0.15, -0.1) is 0 Å². The third kappa shape index (κ3) is 13.4. The molecule has 0 unspecified atom stereocenters. The molecule has 0 aliphatic rings. The Balaban J connectivity index is 1.51. The minimum absolute atomic E-state index is 0.0591. The van der Waals surface area contributed by atoms with E-state index in [1.165, 1.54) is 25.2 Å². The zero-order valence-corrected chi connectivity index (χ0v) is 35.0. The molecule has 0 aromatic heterocycles. The van der Waals surface area contributed by atoms with Gasteiger partial charge >= 0.3 is 0 Å². The van der Waals surface area contributed by atoms with E-state index >= 15 is 0 Å². The molecule has 4 amide bonds. The number of sulfonamides is 1. The van der Waals surface area contributed by atoms with E-state index in [0.29, 0.717) is 18.0 Å². The minimum Gasteiger partial charge on any atom is -0.350 e. The van der Waals surface area contributed by atoms with Crippen LogP contribution in [-0.2, 0) is 32.6 Å². The van der Waals surface area contributed by atoms with E-state index in [1.54, 1.807) is 32.0 Å². The van der Waals surface area contributed by atoms with Crippen molar-refractivity contribution >= 4 is 50.9 Å². The summed E-state index contributed by atoms with van der Waals surface area (Å²) in [6.45, 7) is 9.66. The summed E-state index contributed by atoms with van der Waals surface area (Å²) >= 11 is 6.16. The van der Waals surface area contributed by atoms with E-state index in [2.05, 4.69) is 26.6 Å². The summed E-state index contributed by atoms with van der Waals surface area (Å²) in [5, 5.41) is 15.4. The Hall–Kier alpha value is -5.24. The maximum Gasteiger partial charge on any atom is 0.251 e. The predicted octanol–water partition coefficient (Wildman–Crippen LogP) is 5.31. The summed E-state index contributed by atoms with van der Waals surface area (Å²) in [6, 6.07) is 26.1. The predicted molar refractivity (Wildman–Crippen MR) is 226 cm³/mol. The Morgan fingerprint density at radius 1 is 0.737 bits per heavy atom. The maximum atomic E-state index is 14.0. The van der Waals surface area contributed by atoms with Crippen molar-refractivity contribution in [2.45, 2.75) is 71.8 Å². The van der Waals surface area contributed by atoms with Gasteiger partial charge < -0.3 is 26.6 Å². The van der Waals surface area contributed by atoms with Gasteiger partial charge in [0.05, 0.1) is 24.0 Å². The van der Waals surface area contributed by atoms with Gasteiger partial charge in [0.2, 0.25) is 21.8 Å². The summed E-state index contributed by atoms with van der Waals surface area (Å²) in [7, 11) is -2.41. The van der Waals surface area contributed by atoms with Crippen molar-refractivity contribution in [2.75, 3.05) is 24.2 Å². The maximum absolute atomic E-state index is 14.0. The number of aryl methyl sites for hydroxylation is 1. The quantitative estimate of drug-likeness (QED) is 0.0908. The van der Waals surface area contributed by atoms with Gasteiger partial charge in [0.25, 0.3) is 11.8 Å². The van der Waals surface area contributed by atoms with Crippen molar-refractivity contribution in [2.24, 2.45) is 5.92 Å². The van der Waals surface area contributed by atoms with Crippen LogP contribution in [0.4, 0.5) is 5.69 Å². The van der Waals surface area contributed by atoms with Gasteiger partial charge in [-0.1, -0.05) is 97.7 Å². The molecule has 12 nitrogen and oxygen atoms in total. The Bertz CT molecular complexity index is 2150. The monoisotopic (exact) mass is 816 g/mol. The first kappa shape index (κ1) is 44.5. The van der Waals surface area contributed by atoms with Crippen LogP contribution in [0.15, 0.2) is 97.1 Å². The van der Waals surface area contributed by atoms with E-state index in [-0.39, 0.29) is 41.1 Å². The fourth-order valence-corrected chi connectivity index (χ4v) is 6.76. The van der Waals surface area contributed by atoms with E-state index < -0.39 is 46.0 Å². The number of nitrogens with one attached hydrogen (secondary N) is 5. The molecule has 14 heteroatoms. The second-order valence-corrected chi connectivity index (χ2v) is 17.1. The molecule has 0 saturated heterocycles. The molecule has 0 heterocycles. The number of carbonyl (C=O) groups excluding carboxylic acids is 4. The molecule has 4 rings (SSSR count). The third-order valence-corrected chi connectivity index (χ3v) is 11.0. The number of benzene rings is 4. The van der Waals surface area contributed by atoms with Crippen LogP contribution in [0, 0.1) is 12.8 Å². The molecule has 0 aliphatic carbocycles. The first-order chi connectivity index (χ1) is 26.9. The molecule has 57 heavy (non-hydrogen) atoms. The molecule has 4 aromatic rings. The molecule has 0 fully saturated rings. The van der Waals surface area contributed by atoms with E-state index in [9.17, 15) is 27.6 Å². The SMILES string of the molecule is Cc1cccc(CNC(=O)[C@@H](NC(=O)[C@H](C)NC[C@H](Cc2ccccc2)NC(=O)c2cc(C(=O)N[C@H](C)c3cccc(Cl)c3)cc(N(C)S(C)(=O)=O)c2)C(C)C)c1. The van der Waals surface area contributed by atoms with Crippen LogP contribution in [0.2, 0.25) is 5.02 Å². The highest BCUT2D eigenvalue weighted by molar-refractivity contribution is 7.92. The number of halogens is 1.